The Morgan fingerprint density at radius 1 is 0.949 bits per heavy atom. The van der Waals surface area contributed by atoms with Crippen molar-refractivity contribution in [3.8, 4) is 0 Å². The number of hydrogen-bond donors (Lipinski definition) is 3. The Labute approximate surface area is 223 Å². The number of aromatic nitrogens is 1. The van der Waals surface area contributed by atoms with Crippen molar-refractivity contribution in [3.63, 3.8) is 0 Å². The maximum absolute atomic E-state index is 14.3. The number of H-pyrrole nitrogens is 1. The van der Waals surface area contributed by atoms with E-state index in [4.69, 9.17) is 4.74 Å². The number of para-hydroxylation sites is 3. The molecule has 1 spiro atoms. The van der Waals surface area contributed by atoms with Gasteiger partial charge in [-0.15, -0.1) is 0 Å². The average molecular weight is 521 g/mol. The van der Waals surface area contributed by atoms with Crippen LogP contribution in [0.15, 0.2) is 79.0 Å². The topological polar surface area (TPSA) is 121 Å². The summed E-state index contributed by atoms with van der Waals surface area (Å²) >= 11 is 0. The van der Waals surface area contributed by atoms with Crippen LogP contribution in [0, 0.1) is 11.8 Å². The molecule has 0 bridgehead atoms. The molecule has 0 radical (unpaired) electrons. The monoisotopic (exact) mass is 520 g/mol. The van der Waals surface area contributed by atoms with Gasteiger partial charge in [0, 0.05) is 34.4 Å². The lowest BCUT2D eigenvalue weighted by atomic mass is 9.76. The van der Waals surface area contributed by atoms with Crippen molar-refractivity contribution in [2.45, 2.75) is 18.0 Å². The van der Waals surface area contributed by atoms with E-state index in [-0.39, 0.29) is 17.2 Å². The highest BCUT2D eigenvalue weighted by molar-refractivity contribution is 6.27. The third-order valence-electron chi connectivity index (χ3n) is 8.29. The van der Waals surface area contributed by atoms with Crippen molar-refractivity contribution in [2.24, 2.45) is 11.8 Å². The maximum Gasteiger partial charge on any atom is 0.339 e. The largest absolute Gasteiger partial charge is 0.465 e. The summed E-state index contributed by atoms with van der Waals surface area (Å²) in [7, 11) is 1.25. The Balaban J connectivity index is 1.39. The molecule has 4 aromatic rings. The number of hydrogen-bond acceptors (Lipinski definition) is 6. The Hall–Kier alpha value is -4.76. The van der Waals surface area contributed by atoms with E-state index < -0.39 is 41.2 Å². The highest BCUT2D eigenvalue weighted by atomic mass is 16.5. The van der Waals surface area contributed by atoms with Crippen LogP contribution >= 0.6 is 0 Å². The van der Waals surface area contributed by atoms with E-state index >= 15 is 0 Å². The number of nitrogens with zero attached hydrogens (tertiary/aromatic N) is 1. The van der Waals surface area contributed by atoms with Gasteiger partial charge in [0.05, 0.1) is 30.2 Å². The van der Waals surface area contributed by atoms with Gasteiger partial charge in [0.15, 0.2) is 0 Å². The SMILES string of the molecule is COC(=O)c1ccccc1N1C(=O)[C@@H]2[C@H](Cc3c[nH]c4ccccc34)N[C@]3(C(=O)Nc4ccccc43)[C@@H]2C1=O. The van der Waals surface area contributed by atoms with Gasteiger partial charge >= 0.3 is 5.97 Å². The number of nitrogens with one attached hydrogen (secondary N) is 3. The number of methoxy groups -OCH3 is 1. The van der Waals surface area contributed by atoms with Gasteiger partial charge in [-0.3, -0.25) is 19.7 Å². The molecule has 0 saturated carbocycles. The van der Waals surface area contributed by atoms with E-state index in [0.29, 0.717) is 17.7 Å². The fourth-order valence-corrected chi connectivity index (χ4v) is 6.66. The first-order valence-corrected chi connectivity index (χ1v) is 12.7. The van der Waals surface area contributed by atoms with Crippen molar-refractivity contribution in [3.05, 3.63) is 95.7 Å². The molecule has 3 amide bonds. The number of fused-ring (bicyclic) bond motifs is 5. The standard InChI is InChI=1S/C30H24N4O5/c1-39-28(37)18-9-3-7-13-23(18)34-26(35)24-22(14-16-15-31-20-11-5-2-8-17(16)20)33-30(25(24)27(34)36)19-10-4-6-12-21(19)32-29(30)38/h2-13,15,22,24-25,31,33H,14H2,1H3,(H,32,38)/t22-,24+,25-,30-/m0/s1. The fourth-order valence-electron chi connectivity index (χ4n) is 6.66. The summed E-state index contributed by atoms with van der Waals surface area (Å²) in [6.07, 6.45) is 2.31. The van der Waals surface area contributed by atoms with Crippen molar-refractivity contribution >= 4 is 46.0 Å². The van der Waals surface area contributed by atoms with Crippen LogP contribution < -0.4 is 15.5 Å². The molecule has 7 rings (SSSR count). The molecular weight excluding hydrogens is 496 g/mol. The number of carbonyl (C=O) groups excluding carboxylic acids is 4. The summed E-state index contributed by atoms with van der Waals surface area (Å²) in [5.41, 5.74) is 2.00. The second kappa shape index (κ2) is 8.37. The van der Waals surface area contributed by atoms with Gasteiger partial charge in [0.2, 0.25) is 17.7 Å². The van der Waals surface area contributed by atoms with E-state index in [2.05, 4.69) is 15.6 Å². The van der Waals surface area contributed by atoms with Crippen LogP contribution in [0.1, 0.15) is 21.5 Å². The molecule has 4 heterocycles. The first-order chi connectivity index (χ1) is 19.0. The molecule has 0 unspecified atom stereocenters. The second-order valence-corrected chi connectivity index (χ2v) is 10.1. The molecule has 2 fully saturated rings. The van der Waals surface area contributed by atoms with Gasteiger partial charge in [-0.1, -0.05) is 48.5 Å². The maximum atomic E-state index is 14.3. The zero-order valence-corrected chi connectivity index (χ0v) is 20.9. The van der Waals surface area contributed by atoms with Crippen molar-refractivity contribution in [2.75, 3.05) is 17.3 Å². The van der Waals surface area contributed by atoms with Crippen molar-refractivity contribution in [1.29, 1.82) is 0 Å². The summed E-state index contributed by atoms with van der Waals surface area (Å²) in [6.45, 7) is 0. The molecule has 1 aromatic heterocycles. The zero-order valence-electron chi connectivity index (χ0n) is 20.9. The third kappa shape index (κ3) is 3.10. The molecule has 39 heavy (non-hydrogen) atoms. The molecule has 0 aliphatic carbocycles. The van der Waals surface area contributed by atoms with Gasteiger partial charge in [-0.25, -0.2) is 9.69 Å². The molecule has 2 saturated heterocycles. The summed E-state index contributed by atoms with van der Waals surface area (Å²) < 4.78 is 4.92. The number of ether oxygens (including phenoxy) is 1. The normalized spacial score (nSPS) is 25.3. The van der Waals surface area contributed by atoms with Gasteiger partial charge in [-0.05, 0) is 36.2 Å². The zero-order chi connectivity index (χ0) is 26.9. The Kier molecular flexibility index (Phi) is 5.02. The molecule has 9 heteroatoms. The lowest BCUT2D eigenvalue weighted by molar-refractivity contribution is -0.130. The molecule has 194 valence electrons. The van der Waals surface area contributed by atoms with Crippen LogP contribution in [0.5, 0.6) is 0 Å². The lowest BCUT2D eigenvalue weighted by Crippen LogP contribution is -2.53. The minimum atomic E-state index is -1.43. The van der Waals surface area contributed by atoms with E-state index in [1.54, 1.807) is 24.3 Å². The Morgan fingerprint density at radius 2 is 1.69 bits per heavy atom. The number of rotatable bonds is 4. The number of anilines is 2. The second-order valence-electron chi connectivity index (χ2n) is 10.1. The van der Waals surface area contributed by atoms with Gasteiger partial charge < -0.3 is 15.0 Å². The van der Waals surface area contributed by atoms with Crippen LogP contribution in [0.2, 0.25) is 0 Å². The van der Waals surface area contributed by atoms with Crippen LogP contribution in [-0.4, -0.2) is 41.8 Å². The molecule has 4 atom stereocenters. The van der Waals surface area contributed by atoms with E-state index in [1.165, 1.54) is 13.2 Å². The molecule has 9 nitrogen and oxygen atoms in total. The summed E-state index contributed by atoms with van der Waals surface area (Å²) in [5.74, 6) is -3.85. The number of esters is 1. The van der Waals surface area contributed by atoms with Crippen LogP contribution in [0.3, 0.4) is 0 Å². The van der Waals surface area contributed by atoms with Gasteiger partial charge in [0.25, 0.3) is 0 Å². The fraction of sp³-hybridized carbons (Fsp3) is 0.200. The number of imide groups is 1. The van der Waals surface area contributed by atoms with Gasteiger partial charge in [0.1, 0.15) is 5.54 Å². The van der Waals surface area contributed by atoms with Crippen molar-refractivity contribution in [1.82, 2.24) is 10.3 Å². The molecule has 3 aliphatic heterocycles. The number of aromatic amines is 1. The summed E-state index contributed by atoms with van der Waals surface area (Å²) in [5, 5.41) is 7.40. The van der Waals surface area contributed by atoms with Gasteiger partial charge in [-0.2, -0.15) is 0 Å². The molecular formula is C30H24N4O5. The first-order valence-electron chi connectivity index (χ1n) is 12.7. The molecule has 3 aromatic carbocycles. The highest BCUT2D eigenvalue weighted by Crippen LogP contribution is 2.54. The number of benzene rings is 3. The summed E-state index contributed by atoms with van der Waals surface area (Å²) in [6, 6.07) is 20.9. The van der Waals surface area contributed by atoms with E-state index in [1.807, 2.05) is 48.7 Å². The summed E-state index contributed by atoms with van der Waals surface area (Å²) in [4.78, 5) is 59.1. The quantitative estimate of drug-likeness (QED) is 0.281. The van der Waals surface area contributed by atoms with E-state index in [9.17, 15) is 19.2 Å². The highest BCUT2D eigenvalue weighted by Gasteiger charge is 2.70. The average Bonchev–Trinajstić information content (AvgIpc) is 3.67. The minimum absolute atomic E-state index is 0.105. The van der Waals surface area contributed by atoms with Crippen molar-refractivity contribution < 1.29 is 23.9 Å². The predicted molar refractivity (Wildman–Crippen MR) is 143 cm³/mol. The predicted octanol–water partition coefficient (Wildman–Crippen LogP) is 3.12. The number of carbonyl (C=O) groups is 4. The minimum Gasteiger partial charge on any atom is -0.465 e. The van der Waals surface area contributed by atoms with Crippen LogP contribution in [0.25, 0.3) is 10.9 Å². The molecule has 3 aliphatic rings. The number of amides is 3. The Morgan fingerprint density at radius 3 is 2.54 bits per heavy atom. The van der Waals surface area contributed by atoms with Crippen LogP contribution in [0.4, 0.5) is 11.4 Å². The smallest absolute Gasteiger partial charge is 0.339 e. The Bertz CT molecular complexity index is 1710. The van der Waals surface area contributed by atoms with Crippen LogP contribution in [-0.2, 0) is 31.1 Å². The third-order valence-corrected chi connectivity index (χ3v) is 8.29. The van der Waals surface area contributed by atoms with E-state index in [0.717, 1.165) is 21.4 Å². The lowest BCUT2D eigenvalue weighted by Gasteiger charge is -2.29. The molecule has 3 N–H and O–H groups in total. The first kappa shape index (κ1) is 23.4.